The van der Waals surface area contributed by atoms with E-state index < -0.39 is 29.7 Å². The van der Waals surface area contributed by atoms with E-state index in [1.165, 1.54) is 6.07 Å². The van der Waals surface area contributed by atoms with Crippen LogP contribution in [0.4, 0.5) is 13.2 Å². The Balaban J connectivity index is 0.00000289. The summed E-state index contributed by atoms with van der Waals surface area (Å²) in [6.45, 7) is 0. The highest BCUT2D eigenvalue weighted by Gasteiger charge is 2.33. The lowest BCUT2D eigenvalue weighted by molar-refractivity contribution is -0.139. The molecule has 0 fully saturated rings. The average molecular weight is 464 g/mol. The number of carbonyl (C=O) groups is 1. The van der Waals surface area contributed by atoms with Crippen LogP contribution in [0, 0.1) is 0 Å². The van der Waals surface area contributed by atoms with Crippen molar-refractivity contribution in [3.8, 4) is 22.6 Å². The Labute approximate surface area is 189 Å². The standard InChI is InChI=1S/C24H20F3NO3.ClH/c25-24(26,27)17-5-1-3-15(11-17)16-4-2-6-18(12-16)31-19-9-7-14-8-10-21(28)22(23(29)30)20(14)13-19;/h1-7,9,11-13,21-22H,8,10,28H2,(H,29,30);1H. The predicted octanol–water partition coefficient (Wildman–Crippen LogP) is 6.03. The molecule has 168 valence electrons. The molecule has 0 aliphatic heterocycles. The SMILES string of the molecule is Cl.NC1CCc2ccc(Oc3cccc(-c4cccc(C(F)(F)F)c4)c3)cc2C1C(=O)O. The molecular weight excluding hydrogens is 443 g/mol. The molecule has 0 saturated heterocycles. The van der Waals surface area contributed by atoms with Crippen molar-refractivity contribution in [2.75, 3.05) is 0 Å². The average Bonchev–Trinajstić information content (AvgIpc) is 2.73. The van der Waals surface area contributed by atoms with Crippen LogP contribution in [0.3, 0.4) is 0 Å². The smallest absolute Gasteiger partial charge is 0.416 e. The number of fused-ring (bicyclic) bond motifs is 1. The second-order valence-electron chi connectivity index (χ2n) is 7.59. The Morgan fingerprint density at radius 1 is 0.969 bits per heavy atom. The summed E-state index contributed by atoms with van der Waals surface area (Å²) in [6, 6.07) is 16.6. The summed E-state index contributed by atoms with van der Waals surface area (Å²) < 4.78 is 45.0. The number of carboxylic acids is 1. The predicted molar refractivity (Wildman–Crippen MR) is 117 cm³/mol. The summed E-state index contributed by atoms with van der Waals surface area (Å²) in [5, 5.41) is 9.58. The molecule has 0 saturated carbocycles. The van der Waals surface area contributed by atoms with Crippen LogP contribution in [-0.4, -0.2) is 17.1 Å². The van der Waals surface area contributed by atoms with E-state index in [1.54, 1.807) is 42.5 Å². The number of alkyl halides is 3. The molecular formula is C24H21ClF3NO3. The Kier molecular flexibility index (Phi) is 6.81. The second-order valence-corrected chi connectivity index (χ2v) is 7.59. The molecule has 1 aliphatic carbocycles. The van der Waals surface area contributed by atoms with E-state index in [0.29, 0.717) is 41.0 Å². The quantitative estimate of drug-likeness (QED) is 0.495. The van der Waals surface area contributed by atoms with Crippen LogP contribution in [0.15, 0.2) is 66.7 Å². The molecule has 3 aromatic rings. The molecule has 2 unspecified atom stereocenters. The van der Waals surface area contributed by atoms with Gasteiger partial charge in [-0.15, -0.1) is 12.4 Å². The highest BCUT2D eigenvalue weighted by molar-refractivity contribution is 5.85. The first-order valence-corrected chi connectivity index (χ1v) is 9.79. The molecule has 0 aromatic heterocycles. The van der Waals surface area contributed by atoms with Crippen molar-refractivity contribution in [2.24, 2.45) is 5.73 Å². The fourth-order valence-corrected chi connectivity index (χ4v) is 3.94. The van der Waals surface area contributed by atoms with Gasteiger partial charge >= 0.3 is 12.1 Å². The van der Waals surface area contributed by atoms with E-state index in [0.717, 1.165) is 17.7 Å². The minimum Gasteiger partial charge on any atom is -0.481 e. The lowest BCUT2D eigenvalue weighted by atomic mass is 9.79. The summed E-state index contributed by atoms with van der Waals surface area (Å²) in [4.78, 5) is 11.7. The first-order valence-electron chi connectivity index (χ1n) is 9.79. The fraction of sp³-hybridized carbons (Fsp3) is 0.208. The van der Waals surface area contributed by atoms with E-state index in [1.807, 2.05) is 6.07 Å². The molecule has 4 rings (SSSR count). The van der Waals surface area contributed by atoms with Crippen molar-refractivity contribution < 1.29 is 27.8 Å². The minimum atomic E-state index is -4.42. The first-order chi connectivity index (χ1) is 14.7. The molecule has 3 aromatic carbocycles. The normalized spacial score (nSPS) is 17.8. The third-order valence-electron chi connectivity index (χ3n) is 5.49. The van der Waals surface area contributed by atoms with Gasteiger partial charge in [0.1, 0.15) is 11.5 Å². The van der Waals surface area contributed by atoms with Gasteiger partial charge in [-0.2, -0.15) is 13.2 Å². The fourth-order valence-electron chi connectivity index (χ4n) is 3.94. The van der Waals surface area contributed by atoms with Crippen molar-refractivity contribution in [3.63, 3.8) is 0 Å². The number of nitrogens with two attached hydrogens (primary N) is 1. The highest BCUT2D eigenvalue weighted by Crippen LogP contribution is 2.36. The van der Waals surface area contributed by atoms with E-state index >= 15 is 0 Å². The maximum Gasteiger partial charge on any atom is 0.416 e. The van der Waals surface area contributed by atoms with Gasteiger partial charge < -0.3 is 15.6 Å². The molecule has 0 radical (unpaired) electrons. The van der Waals surface area contributed by atoms with Crippen molar-refractivity contribution in [2.45, 2.75) is 31.0 Å². The van der Waals surface area contributed by atoms with Crippen LogP contribution in [0.5, 0.6) is 11.5 Å². The zero-order valence-electron chi connectivity index (χ0n) is 16.8. The Morgan fingerprint density at radius 2 is 1.62 bits per heavy atom. The largest absolute Gasteiger partial charge is 0.481 e. The van der Waals surface area contributed by atoms with Crippen molar-refractivity contribution >= 4 is 18.4 Å². The third-order valence-corrected chi connectivity index (χ3v) is 5.49. The number of halogens is 4. The second kappa shape index (κ2) is 9.22. The first kappa shape index (κ1) is 23.6. The number of ether oxygens (including phenoxy) is 1. The van der Waals surface area contributed by atoms with Crippen LogP contribution in [0.25, 0.3) is 11.1 Å². The summed E-state index contributed by atoms with van der Waals surface area (Å²) in [7, 11) is 0. The Bertz CT molecular complexity index is 1130. The van der Waals surface area contributed by atoms with Gasteiger partial charge in [0.2, 0.25) is 0 Å². The maximum absolute atomic E-state index is 13.0. The number of carboxylic acid groups (broad SMARTS) is 1. The number of aryl methyl sites for hydroxylation is 1. The van der Waals surface area contributed by atoms with E-state index in [2.05, 4.69) is 0 Å². The Hall–Kier alpha value is -3.03. The third kappa shape index (κ3) is 4.89. The number of hydrogen-bond acceptors (Lipinski definition) is 3. The van der Waals surface area contributed by atoms with Crippen LogP contribution in [-0.2, 0) is 17.4 Å². The molecule has 0 spiro atoms. The van der Waals surface area contributed by atoms with Crippen LogP contribution >= 0.6 is 12.4 Å². The summed E-state index contributed by atoms with van der Waals surface area (Å²) in [5.41, 5.74) is 7.86. The Morgan fingerprint density at radius 3 is 2.31 bits per heavy atom. The van der Waals surface area contributed by atoms with Crippen molar-refractivity contribution in [1.29, 1.82) is 0 Å². The van der Waals surface area contributed by atoms with Crippen molar-refractivity contribution in [3.05, 3.63) is 83.4 Å². The number of benzene rings is 3. The van der Waals surface area contributed by atoms with Gasteiger partial charge in [-0.05, 0) is 71.5 Å². The lowest BCUT2D eigenvalue weighted by Crippen LogP contribution is -2.37. The van der Waals surface area contributed by atoms with E-state index in [4.69, 9.17) is 10.5 Å². The molecule has 1 aliphatic rings. The molecule has 0 bridgehead atoms. The van der Waals surface area contributed by atoms with E-state index in [-0.39, 0.29) is 12.4 Å². The minimum absolute atomic E-state index is 0. The zero-order chi connectivity index (χ0) is 22.2. The lowest BCUT2D eigenvalue weighted by Gasteiger charge is -2.28. The molecule has 3 N–H and O–H groups in total. The summed E-state index contributed by atoms with van der Waals surface area (Å²) in [5.74, 6) is -0.900. The van der Waals surface area contributed by atoms with Gasteiger partial charge in [-0.25, -0.2) is 0 Å². The molecule has 32 heavy (non-hydrogen) atoms. The topological polar surface area (TPSA) is 72.5 Å². The zero-order valence-corrected chi connectivity index (χ0v) is 17.6. The van der Waals surface area contributed by atoms with Gasteiger partial charge in [0.25, 0.3) is 0 Å². The molecule has 0 amide bonds. The highest BCUT2D eigenvalue weighted by atomic mass is 35.5. The number of aliphatic carboxylic acids is 1. The van der Waals surface area contributed by atoms with Gasteiger partial charge in [0.15, 0.2) is 0 Å². The van der Waals surface area contributed by atoms with Crippen LogP contribution in [0.1, 0.15) is 29.0 Å². The molecule has 4 nitrogen and oxygen atoms in total. The van der Waals surface area contributed by atoms with Crippen LogP contribution in [0.2, 0.25) is 0 Å². The number of hydrogen-bond donors (Lipinski definition) is 2. The summed E-state index contributed by atoms with van der Waals surface area (Å²) >= 11 is 0. The summed E-state index contributed by atoms with van der Waals surface area (Å²) in [6.07, 6.45) is -3.12. The van der Waals surface area contributed by atoms with Crippen molar-refractivity contribution in [1.82, 2.24) is 0 Å². The van der Waals surface area contributed by atoms with Crippen LogP contribution < -0.4 is 10.5 Å². The monoisotopic (exact) mass is 463 g/mol. The molecule has 2 atom stereocenters. The van der Waals surface area contributed by atoms with E-state index in [9.17, 15) is 23.1 Å². The maximum atomic E-state index is 13.0. The molecule has 0 heterocycles. The van der Waals surface area contributed by atoms with Gasteiger partial charge in [0, 0.05) is 6.04 Å². The van der Waals surface area contributed by atoms with Gasteiger partial charge in [-0.3, -0.25) is 4.79 Å². The number of rotatable bonds is 4. The molecule has 8 heteroatoms. The van der Waals surface area contributed by atoms with Gasteiger partial charge in [0.05, 0.1) is 11.5 Å². The van der Waals surface area contributed by atoms with Gasteiger partial charge in [-0.1, -0.05) is 30.3 Å².